The average Bonchev–Trinajstić information content (AvgIpc) is 3.44. The summed E-state index contributed by atoms with van der Waals surface area (Å²) in [5.74, 6) is -4.94. The van der Waals surface area contributed by atoms with Crippen molar-refractivity contribution in [2.24, 2.45) is 0 Å². The van der Waals surface area contributed by atoms with Crippen LogP contribution >= 0.6 is 0 Å². The highest BCUT2D eigenvalue weighted by Gasteiger charge is 2.75. The lowest BCUT2D eigenvalue weighted by Crippen LogP contribution is -2.47. The maximum absolute atomic E-state index is 13.8. The van der Waals surface area contributed by atoms with Crippen LogP contribution in [-0.2, 0) is 5.41 Å². The van der Waals surface area contributed by atoms with E-state index in [1.807, 2.05) is 0 Å². The molecule has 0 spiro atoms. The van der Waals surface area contributed by atoms with E-state index in [0.717, 1.165) is 0 Å². The van der Waals surface area contributed by atoms with Crippen molar-refractivity contribution in [1.82, 2.24) is 5.48 Å². The molecule has 4 nitrogen and oxygen atoms in total. The van der Waals surface area contributed by atoms with Gasteiger partial charge in [0.15, 0.2) is 0 Å². The third-order valence-corrected chi connectivity index (χ3v) is 4.57. The predicted octanol–water partition coefficient (Wildman–Crippen LogP) is 4.83. The number of hydrogen-bond acceptors (Lipinski definition) is 3. The van der Waals surface area contributed by atoms with Crippen LogP contribution in [0, 0.1) is 0 Å². The Labute approximate surface area is 150 Å². The van der Waals surface area contributed by atoms with E-state index in [4.69, 9.17) is 9.94 Å². The first-order chi connectivity index (χ1) is 12.6. The van der Waals surface area contributed by atoms with Crippen LogP contribution in [-0.4, -0.2) is 23.2 Å². The SMILES string of the molecule is O=C(NO)c1ccc(Oc2ccc(C3(C(F)(F)C(F)(F)F)CC3)cc2)cc1. The van der Waals surface area contributed by atoms with E-state index < -0.39 is 23.4 Å². The molecule has 0 aliphatic heterocycles. The molecular weight excluding hydrogens is 373 g/mol. The van der Waals surface area contributed by atoms with Crippen molar-refractivity contribution in [3.05, 3.63) is 59.7 Å². The molecule has 0 unspecified atom stereocenters. The minimum absolute atomic E-state index is 0.0906. The zero-order valence-electron chi connectivity index (χ0n) is 13.7. The summed E-state index contributed by atoms with van der Waals surface area (Å²) in [6.45, 7) is 0. The molecule has 27 heavy (non-hydrogen) atoms. The second-order valence-corrected chi connectivity index (χ2v) is 6.25. The lowest BCUT2D eigenvalue weighted by Gasteiger charge is -2.29. The first-order valence-electron chi connectivity index (χ1n) is 7.88. The molecule has 144 valence electrons. The van der Waals surface area contributed by atoms with Gasteiger partial charge < -0.3 is 4.74 Å². The molecule has 0 saturated heterocycles. The number of hydroxylamine groups is 1. The Morgan fingerprint density at radius 2 is 1.41 bits per heavy atom. The van der Waals surface area contributed by atoms with Gasteiger partial charge in [0.25, 0.3) is 5.91 Å². The van der Waals surface area contributed by atoms with Crippen molar-refractivity contribution in [3.8, 4) is 11.5 Å². The molecule has 0 aromatic heterocycles. The highest BCUT2D eigenvalue weighted by Crippen LogP contribution is 2.63. The number of hydrogen-bond donors (Lipinski definition) is 2. The average molecular weight is 387 g/mol. The van der Waals surface area contributed by atoms with Gasteiger partial charge in [-0.1, -0.05) is 12.1 Å². The standard InChI is InChI=1S/C18H14F5NO3/c19-17(20,18(21,22)23)16(9-10-16)12-3-7-14(8-4-12)27-13-5-1-11(2-6-13)15(25)24-26/h1-8,26H,9-10H2,(H,24,25). The topological polar surface area (TPSA) is 58.6 Å². The van der Waals surface area contributed by atoms with Crippen molar-refractivity contribution in [2.45, 2.75) is 30.4 Å². The molecule has 0 bridgehead atoms. The molecule has 1 saturated carbocycles. The van der Waals surface area contributed by atoms with E-state index in [-0.39, 0.29) is 29.7 Å². The molecule has 1 amide bonds. The summed E-state index contributed by atoms with van der Waals surface area (Å²) in [6, 6.07) is 10.7. The fourth-order valence-corrected chi connectivity index (χ4v) is 2.90. The van der Waals surface area contributed by atoms with Crippen LogP contribution in [0.5, 0.6) is 11.5 Å². The Kier molecular flexibility index (Phi) is 4.59. The van der Waals surface area contributed by atoms with Crippen LogP contribution < -0.4 is 10.2 Å². The number of ether oxygens (including phenoxy) is 1. The number of carbonyl (C=O) groups excluding carboxylic acids is 1. The quantitative estimate of drug-likeness (QED) is 0.439. The smallest absolute Gasteiger partial charge is 0.454 e. The summed E-state index contributed by atoms with van der Waals surface area (Å²) < 4.78 is 71.3. The van der Waals surface area contributed by atoms with Crippen molar-refractivity contribution in [1.29, 1.82) is 0 Å². The third-order valence-electron chi connectivity index (χ3n) is 4.57. The molecule has 2 aromatic carbocycles. The van der Waals surface area contributed by atoms with Gasteiger partial charge in [-0.25, -0.2) is 5.48 Å². The van der Waals surface area contributed by atoms with Crippen LogP contribution in [0.15, 0.2) is 48.5 Å². The van der Waals surface area contributed by atoms with Gasteiger partial charge in [-0.05, 0) is 54.8 Å². The monoisotopic (exact) mass is 387 g/mol. The Bertz CT molecular complexity index is 828. The maximum Gasteiger partial charge on any atom is 0.454 e. The zero-order chi connectivity index (χ0) is 19.9. The Morgan fingerprint density at radius 3 is 1.81 bits per heavy atom. The normalized spacial score (nSPS) is 15.9. The van der Waals surface area contributed by atoms with E-state index >= 15 is 0 Å². The van der Waals surface area contributed by atoms with Crippen molar-refractivity contribution in [3.63, 3.8) is 0 Å². The number of nitrogens with one attached hydrogen (secondary N) is 1. The number of benzene rings is 2. The minimum atomic E-state index is -5.61. The highest BCUT2D eigenvalue weighted by molar-refractivity contribution is 5.93. The van der Waals surface area contributed by atoms with E-state index in [0.29, 0.717) is 5.75 Å². The first-order valence-corrected chi connectivity index (χ1v) is 7.88. The van der Waals surface area contributed by atoms with Crippen LogP contribution in [0.2, 0.25) is 0 Å². The molecule has 1 aliphatic carbocycles. The minimum Gasteiger partial charge on any atom is -0.457 e. The Balaban J connectivity index is 1.76. The molecule has 1 fully saturated rings. The lowest BCUT2D eigenvalue weighted by atomic mass is 9.88. The Hall–Kier alpha value is -2.68. The van der Waals surface area contributed by atoms with Gasteiger partial charge in [-0.2, -0.15) is 22.0 Å². The lowest BCUT2D eigenvalue weighted by molar-refractivity contribution is -0.296. The van der Waals surface area contributed by atoms with Gasteiger partial charge in [0.2, 0.25) is 0 Å². The van der Waals surface area contributed by atoms with Gasteiger partial charge in [0.1, 0.15) is 11.5 Å². The fraction of sp³-hybridized carbons (Fsp3) is 0.278. The molecule has 2 aromatic rings. The molecule has 2 N–H and O–H groups in total. The third kappa shape index (κ3) is 3.34. The van der Waals surface area contributed by atoms with Gasteiger partial charge >= 0.3 is 12.1 Å². The van der Waals surface area contributed by atoms with E-state index in [2.05, 4.69) is 0 Å². The number of rotatable bonds is 5. The molecule has 9 heteroatoms. The van der Waals surface area contributed by atoms with Gasteiger partial charge in [-0.15, -0.1) is 0 Å². The summed E-state index contributed by atoms with van der Waals surface area (Å²) in [5.41, 5.74) is -0.646. The van der Waals surface area contributed by atoms with Gasteiger partial charge in [0, 0.05) is 5.56 Å². The summed E-state index contributed by atoms with van der Waals surface area (Å²) in [6.07, 6.45) is -6.09. The predicted molar refractivity (Wildman–Crippen MR) is 84.1 cm³/mol. The summed E-state index contributed by atoms with van der Waals surface area (Å²) >= 11 is 0. The molecular formula is C18H14F5NO3. The summed E-state index contributed by atoms with van der Waals surface area (Å²) in [4.78, 5) is 11.2. The zero-order valence-corrected chi connectivity index (χ0v) is 13.7. The van der Waals surface area contributed by atoms with E-state index in [1.165, 1.54) is 54.0 Å². The second-order valence-electron chi connectivity index (χ2n) is 6.25. The largest absolute Gasteiger partial charge is 0.457 e. The molecule has 0 atom stereocenters. The van der Waals surface area contributed by atoms with Crippen LogP contribution in [0.4, 0.5) is 22.0 Å². The van der Waals surface area contributed by atoms with Gasteiger partial charge in [0.05, 0.1) is 5.41 Å². The molecule has 1 aliphatic rings. The van der Waals surface area contributed by atoms with Crippen molar-refractivity contribution >= 4 is 5.91 Å². The first kappa shape index (κ1) is 19.1. The number of amides is 1. The molecule has 3 rings (SSSR count). The van der Waals surface area contributed by atoms with Crippen molar-refractivity contribution in [2.75, 3.05) is 0 Å². The Morgan fingerprint density at radius 1 is 0.926 bits per heavy atom. The highest BCUT2D eigenvalue weighted by atomic mass is 19.4. The van der Waals surface area contributed by atoms with Gasteiger partial charge in [-0.3, -0.25) is 10.0 Å². The number of carbonyl (C=O) groups is 1. The summed E-state index contributed by atoms with van der Waals surface area (Å²) in [7, 11) is 0. The summed E-state index contributed by atoms with van der Waals surface area (Å²) in [5, 5.41) is 8.54. The maximum atomic E-state index is 13.8. The fourth-order valence-electron chi connectivity index (χ4n) is 2.90. The van der Waals surface area contributed by atoms with Crippen LogP contribution in [0.25, 0.3) is 0 Å². The molecule has 0 heterocycles. The second kappa shape index (κ2) is 6.49. The van der Waals surface area contributed by atoms with Crippen LogP contribution in [0.3, 0.4) is 0 Å². The number of halogens is 5. The van der Waals surface area contributed by atoms with E-state index in [1.54, 1.807) is 0 Å². The van der Waals surface area contributed by atoms with E-state index in [9.17, 15) is 26.7 Å². The van der Waals surface area contributed by atoms with Crippen LogP contribution in [0.1, 0.15) is 28.8 Å². The van der Waals surface area contributed by atoms with Crippen molar-refractivity contribution < 1.29 is 36.7 Å². The molecule has 0 radical (unpaired) electrons. The number of alkyl halides is 5.